The summed E-state index contributed by atoms with van der Waals surface area (Å²) < 4.78 is 38.5. The number of anilines is 1. The first-order valence-corrected chi connectivity index (χ1v) is 5.54. The van der Waals surface area contributed by atoms with Crippen LogP contribution in [0.25, 0.3) is 0 Å². The molecule has 1 amide bonds. The van der Waals surface area contributed by atoms with Gasteiger partial charge < -0.3 is 15.5 Å². The fraction of sp³-hybridized carbons (Fsp3) is 0.417. The summed E-state index contributed by atoms with van der Waals surface area (Å²) in [5, 5.41) is 20.5. The maximum Gasteiger partial charge on any atom is 0.418 e. The summed E-state index contributed by atoms with van der Waals surface area (Å²) in [6.45, 7) is 0.701. The third-order valence-corrected chi connectivity index (χ3v) is 2.46. The van der Waals surface area contributed by atoms with E-state index in [0.717, 1.165) is 19.1 Å². The second-order valence-electron chi connectivity index (χ2n) is 3.98. The first-order valence-electron chi connectivity index (χ1n) is 5.54. The molecule has 0 saturated carbocycles. The molecule has 1 unspecified atom stereocenters. The molecule has 1 atom stereocenters. The van der Waals surface area contributed by atoms with Gasteiger partial charge in [-0.15, -0.1) is 0 Å². The molecule has 0 aliphatic carbocycles. The van der Waals surface area contributed by atoms with Crippen LogP contribution in [0.3, 0.4) is 0 Å². The van der Waals surface area contributed by atoms with E-state index in [1.165, 1.54) is 6.07 Å². The van der Waals surface area contributed by atoms with Crippen molar-refractivity contribution in [3.05, 3.63) is 29.3 Å². The van der Waals surface area contributed by atoms with Crippen LogP contribution in [-0.4, -0.2) is 22.7 Å². The van der Waals surface area contributed by atoms with Gasteiger partial charge in [-0.05, 0) is 6.07 Å². The Hall–Kier alpha value is -1.60. The lowest BCUT2D eigenvalue weighted by Gasteiger charge is -2.19. The van der Waals surface area contributed by atoms with Crippen molar-refractivity contribution >= 4 is 11.6 Å². The Morgan fingerprint density at radius 3 is 2.53 bits per heavy atom. The van der Waals surface area contributed by atoms with E-state index in [2.05, 4.69) is 5.32 Å². The molecule has 0 bridgehead atoms. The van der Waals surface area contributed by atoms with E-state index in [1.807, 2.05) is 0 Å². The second kappa shape index (κ2) is 6.03. The van der Waals surface area contributed by atoms with Gasteiger partial charge in [-0.3, -0.25) is 4.79 Å². The van der Waals surface area contributed by atoms with Crippen molar-refractivity contribution in [1.82, 2.24) is 0 Å². The fourth-order valence-corrected chi connectivity index (χ4v) is 1.68. The number of carbonyl (C=O) groups is 1. The Kier molecular flexibility index (Phi) is 4.90. The van der Waals surface area contributed by atoms with E-state index in [-0.39, 0.29) is 18.6 Å². The van der Waals surface area contributed by atoms with Crippen molar-refractivity contribution in [1.29, 1.82) is 0 Å². The Morgan fingerprint density at radius 1 is 1.42 bits per heavy atom. The molecule has 0 fully saturated rings. The highest BCUT2D eigenvalue weighted by atomic mass is 19.4. The topological polar surface area (TPSA) is 69.6 Å². The highest BCUT2D eigenvalue weighted by Crippen LogP contribution is 2.39. The van der Waals surface area contributed by atoms with Crippen LogP contribution in [0, 0.1) is 0 Å². The van der Waals surface area contributed by atoms with Crippen LogP contribution < -0.4 is 5.32 Å². The number of nitrogens with one attached hydrogen (secondary N) is 1. The predicted molar refractivity (Wildman–Crippen MR) is 62.4 cm³/mol. The fourth-order valence-electron chi connectivity index (χ4n) is 1.68. The van der Waals surface area contributed by atoms with Crippen molar-refractivity contribution in [3.63, 3.8) is 0 Å². The van der Waals surface area contributed by atoms with E-state index >= 15 is 0 Å². The van der Waals surface area contributed by atoms with Gasteiger partial charge in [-0.2, -0.15) is 13.2 Å². The summed E-state index contributed by atoms with van der Waals surface area (Å²) >= 11 is 0. The number of para-hydroxylation sites is 1. The van der Waals surface area contributed by atoms with Crippen molar-refractivity contribution in [3.8, 4) is 0 Å². The zero-order valence-corrected chi connectivity index (χ0v) is 10.2. The van der Waals surface area contributed by atoms with Gasteiger partial charge in [0.1, 0.15) is 0 Å². The van der Waals surface area contributed by atoms with Crippen LogP contribution in [0.4, 0.5) is 18.9 Å². The lowest BCUT2D eigenvalue weighted by molar-refractivity contribution is -0.137. The summed E-state index contributed by atoms with van der Waals surface area (Å²) in [4.78, 5) is 11.0. The number of alkyl halides is 3. The molecule has 0 aliphatic heterocycles. The monoisotopic (exact) mass is 277 g/mol. The van der Waals surface area contributed by atoms with Crippen molar-refractivity contribution in [2.75, 3.05) is 11.9 Å². The smallest absolute Gasteiger partial charge is 0.396 e. The SMILES string of the molecule is CC(=O)Nc1c(C(O)CCO)cccc1C(F)(F)F. The maximum atomic E-state index is 12.8. The van der Waals surface area contributed by atoms with Crippen molar-refractivity contribution in [2.24, 2.45) is 0 Å². The summed E-state index contributed by atoms with van der Waals surface area (Å²) in [5.41, 5.74) is -1.57. The molecule has 106 valence electrons. The molecule has 0 heterocycles. The van der Waals surface area contributed by atoms with Crippen molar-refractivity contribution < 1.29 is 28.2 Å². The van der Waals surface area contributed by atoms with E-state index in [4.69, 9.17) is 5.11 Å². The molecule has 1 aromatic rings. The summed E-state index contributed by atoms with van der Waals surface area (Å²) in [6, 6.07) is 3.24. The normalized spacial score (nSPS) is 13.2. The Bertz CT molecular complexity index is 460. The van der Waals surface area contributed by atoms with Crippen LogP contribution in [0.1, 0.15) is 30.6 Å². The molecular weight excluding hydrogens is 263 g/mol. The zero-order chi connectivity index (χ0) is 14.6. The van der Waals surface area contributed by atoms with Gasteiger partial charge in [-0.1, -0.05) is 12.1 Å². The predicted octanol–water partition coefficient (Wildman–Crippen LogP) is 2.08. The van der Waals surface area contributed by atoms with E-state index in [9.17, 15) is 23.1 Å². The van der Waals surface area contributed by atoms with Crippen molar-refractivity contribution in [2.45, 2.75) is 25.6 Å². The van der Waals surface area contributed by atoms with Gasteiger partial charge in [0.25, 0.3) is 0 Å². The number of carbonyl (C=O) groups excluding carboxylic acids is 1. The first-order chi connectivity index (χ1) is 8.77. The minimum Gasteiger partial charge on any atom is -0.396 e. The van der Waals surface area contributed by atoms with Crippen LogP contribution in [0.5, 0.6) is 0 Å². The van der Waals surface area contributed by atoms with Gasteiger partial charge >= 0.3 is 6.18 Å². The average Bonchev–Trinajstić information content (AvgIpc) is 2.27. The molecule has 0 saturated heterocycles. The molecule has 4 nitrogen and oxygen atoms in total. The Labute approximate surface area is 107 Å². The largest absolute Gasteiger partial charge is 0.418 e. The van der Waals surface area contributed by atoms with E-state index in [0.29, 0.717) is 0 Å². The van der Waals surface area contributed by atoms with Crippen LogP contribution in [-0.2, 0) is 11.0 Å². The Morgan fingerprint density at radius 2 is 2.05 bits per heavy atom. The summed E-state index contributed by atoms with van der Waals surface area (Å²) in [7, 11) is 0. The average molecular weight is 277 g/mol. The lowest BCUT2D eigenvalue weighted by atomic mass is 10.00. The van der Waals surface area contributed by atoms with Gasteiger partial charge in [0, 0.05) is 25.5 Å². The lowest BCUT2D eigenvalue weighted by Crippen LogP contribution is -2.17. The molecule has 1 rings (SSSR count). The molecule has 1 aromatic carbocycles. The molecule has 0 spiro atoms. The minimum absolute atomic E-state index is 0.0703. The molecule has 0 radical (unpaired) electrons. The molecule has 3 N–H and O–H groups in total. The number of aliphatic hydroxyl groups excluding tert-OH is 2. The third-order valence-electron chi connectivity index (χ3n) is 2.46. The minimum atomic E-state index is -4.65. The second-order valence-corrected chi connectivity index (χ2v) is 3.98. The number of amides is 1. The number of rotatable bonds is 4. The number of aliphatic hydroxyl groups is 2. The quantitative estimate of drug-likeness (QED) is 0.789. The maximum absolute atomic E-state index is 12.8. The summed E-state index contributed by atoms with van der Waals surface area (Å²) in [5.74, 6) is -0.672. The molecular formula is C12H14F3NO3. The molecule has 0 aromatic heterocycles. The van der Waals surface area contributed by atoms with Crippen LogP contribution in [0.15, 0.2) is 18.2 Å². The van der Waals surface area contributed by atoms with Crippen LogP contribution >= 0.6 is 0 Å². The number of hydrogen-bond acceptors (Lipinski definition) is 3. The first kappa shape index (κ1) is 15.5. The molecule has 19 heavy (non-hydrogen) atoms. The highest BCUT2D eigenvalue weighted by Gasteiger charge is 2.35. The van der Waals surface area contributed by atoms with Gasteiger partial charge in [0.05, 0.1) is 17.4 Å². The zero-order valence-electron chi connectivity index (χ0n) is 10.2. The Balaban J connectivity index is 3.34. The molecule has 0 aliphatic rings. The molecule has 7 heteroatoms. The third kappa shape index (κ3) is 3.93. The van der Waals surface area contributed by atoms with Gasteiger partial charge in [-0.25, -0.2) is 0 Å². The standard InChI is InChI=1S/C12H14F3NO3/c1-7(18)16-11-8(10(19)5-6-17)3-2-4-9(11)12(13,14)15/h2-4,10,17,19H,5-6H2,1H3,(H,16,18). The van der Waals surface area contributed by atoms with E-state index < -0.39 is 29.4 Å². The number of benzene rings is 1. The number of halogens is 3. The summed E-state index contributed by atoms with van der Waals surface area (Å²) in [6.07, 6.45) is -6.05. The number of hydrogen-bond donors (Lipinski definition) is 3. The van der Waals surface area contributed by atoms with Crippen LogP contribution in [0.2, 0.25) is 0 Å². The van der Waals surface area contributed by atoms with Gasteiger partial charge in [0.2, 0.25) is 5.91 Å². The van der Waals surface area contributed by atoms with Gasteiger partial charge in [0.15, 0.2) is 0 Å². The van der Waals surface area contributed by atoms with E-state index in [1.54, 1.807) is 0 Å². The highest BCUT2D eigenvalue weighted by molar-refractivity contribution is 5.90.